The molecule has 6 heteroatoms. The summed E-state index contributed by atoms with van der Waals surface area (Å²) in [5.41, 5.74) is 2.71. The molecule has 1 saturated heterocycles. The minimum absolute atomic E-state index is 0.331. The third-order valence-corrected chi connectivity index (χ3v) is 4.27. The highest BCUT2D eigenvalue weighted by Crippen LogP contribution is 2.36. The first-order valence-corrected chi connectivity index (χ1v) is 8.05. The first-order chi connectivity index (χ1) is 12.6. The van der Waals surface area contributed by atoms with Gasteiger partial charge < -0.3 is 10.1 Å². The van der Waals surface area contributed by atoms with Crippen LogP contribution in [-0.4, -0.2) is 11.1 Å². The van der Waals surface area contributed by atoms with Gasteiger partial charge in [0, 0.05) is 6.20 Å². The van der Waals surface area contributed by atoms with Crippen LogP contribution in [0.4, 0.5) is 13.6 Å². The quantitative estimate of drug-likeness (QED) is 0.752. The molecule has 0 aliphatic carbocycles. The van der Waals surface area contributed by atoms with E-state index in [1.807, 2.05) is 0 Å². The summed E-state index contributed by atoms with van der Waals surface area (Å²) in [6.45, 7) is 0. The summed E-state index contributed by atoms with van der Waals surface area (Å²) in [5, 5.41) is 2.73. The smallest absolute Gasteiger partial charge is 0.408 e. The zero-order valence-electron chi connectivity index (χ0n) is 13.5. The van der Waals surface area contributed by atoms with Crippen LogP contribution < -0.4 is 5.32 Å². The van der Waals surface area contributed by atoms with Gasteiger partial charge in [-0.05, 0) is 53.1 Å². The second-order valence-electron chi connectivity index (χ2n) is 5.98. The van der Waals surface area contributed by atoms with Crippen molar-refractivity contribution in [3.63, 3.8) is 0 Å². The van der Waals surface area contributed by atoms with Crippen molar-refractivity contribution >= 4 is 6.09 Å². The lowest BCUT2D eigenvalue weighted by Crippen LogP contribution is -2.20. The Hall–Kier alpha value is -3.28. The van der Waals surface area contributed by atoms with E-state index >= 15 is 0 Å². The summed E-state index contributed by atoms with van der Waals surface area (Å²) in [6.07, 6.45) is 0.405. The summed E-state index contributed by atoms with van der Waals surface area (Å²) in [5.74, 6) is -0.698. The Bertz CT molecular complexity index is 960. The molecule has 1 aromatic heterocycles. The third-order valence-electron chi connectivity index (χ3n) is 4.27. The number of hydrogen-bond donors (Lipinski definition) is 1. The Morgan fingerprint density at radius 2 is 1.69 bits per heavy atom. The number of carbonyl (C=O) groups is 1. The first-order valence-electron chi connectivity index (χ1n) is 8.05. The zero-order valence-corrected chi connectivity index (χ0v) is 13.5. The van der Waals surface area contributed by atoms with E-state index in [1.165, 1.54) is 24.3 Å². The van der Waals surface area contributed by atoms with Crippen molar-refractivity contribution < 1.29 is 18.3 Å². The van der Waals surface area contributed by atoms with Gasteiger partial charge in [-0.2, -0.15) is 0 Å². The first kappa shape index (κ1) is 16.2. The van der Waals surface area contributed by atoms with Crippen molar-refractivity contribution in [2.24, 2.45) is 0 Å². The highest BCUT2D eigenvalue weighted by molar-refractivity contribution is 5.71. The molecule has 0 saturated carbocycles. The molecule has 0 radical (unpaired) electrons. The predicted molar refractivity (Wildman–Crippen MR) is 91.1 cm³/mol. The number of cyclic esters (lactones) is 1. The Balaban J connectivity index is 1.70. The Labute approximate surface area is 148 Å². The van der Waals surface area contributed by atoms with E-state index in [0.717, 1.165) is 5.56 Å². The number of alkyl carbamates (subject to hydrolysis) is 1. The zero-order chi connectivity index (χ0) is 18.1. The average molecular weight is 352 g/mol. The molecule has 2 atom stereocenters. The number of hydrogen-bond acceptors (Lipinski definition) is 3. The summed E-state index contributed by atoms with van der Waals surface area (Å²) in [4.78, 5) is 16.1. The highest BCUT2D eigenvalue weighted by Gasteiger charge is 2.37. The summed E-state index contributed by atoms with van der Waals surface area (Å²) < 4.78 is 32.0. The number of pyridine rings is 1. The number of aromatic nitrogens is 1. The molecular weight excluding hydrogens is 338 g/mol. The topological polar surface area (TPSA) is 51.2 Å². The van der Waals surface area contributed by atoms with Gasteiger partial charge >= 0.3 is 6.09 Å². The van der Waals surface area contributed by atoms with Crippen LogP contribution in [0.2, 0.25) is 0 Å². The van der Waals surface area contributed by atoms with E-state index < -0.39 is 18.2 Å². The Kier molecular flexibility index (Phi) is 4.08. The maximum Gasteiger partial charge on any atom is 0.408 e. The van der Waals surface area contributed by atoms with Crippen LogP contribution >= 0.6 is 0 Å². The minimum Gasteiger partial charge on any atom is -0.439 e. The van der Waals surface area contributed by atoms with Crippen LogP contribution in [0.15, 0.2) is 66.9 Å². The molecule has 3 aromatic rings. The van der Waals surface area contributed by atoms with Crippen LogP contribution in [0, 0.1) is 11.6 Å². The number of halogens is 2. The molecule has 1 fully saturated rings. The Morgan fingerprint density at radius 1 is 0.923 bits per heavy atom. The average Bonchev–Trinajstić information content (AvgIpc) is 3.04. The molecule has 0 unspecified atom stereocenters. The number of nitrogens with one attached hydrogen (secondary N) is 1. The number of rotatable bonds is 3. The molecule has 0 bridgehead atoms. The molecular formula is C20H14F2N2O2. The van der Waals surface area contributed by atoms with E-state index in [2.05, 4.69) is 10.3 Å². The van der Waals surface area contributed by atoms with Crippen molar-refractivity contribution in [2.45, 2.75) is 12.1 Å². The maximum atomic E-state index is 13.5. The summed E-state index contributed by atoms with van der Waals surface area (Å²) >= 11 is 0. The van der Waals surface area contributed by atoms with E-state index in [-0.39, 0.29) is 11.6 Å². The van der Waals surface area contributed by atoms with Crippen LogP contribution in [-0.2, 0) is 4.74 Å². The van der Waals surface area contributed by atoms with Gasteiger partial charge in [-0.3, -0.25) is 4.98 Å². The number of benzene rings is 2. The molecule has 1 aliphatic rings. The second kappa shape index (κ2) is 6.55. The lowest BCUT2D eigenvalue weighted by Gasteiger charge is -2.17. The van der Waals surface area contributed by atoms with E-state index in [9.17, 15) is 13.6 Å². The lowest BCUT2D eigenvalue weighted by atomic mass is 9.97. The fourth-order valence-electron chi connectivity index (χ4n) is 3.03. The molecule has 2 heterocycles. The van der Waals surface area contributed by atoms with Gasteiger partial charge in [-0.15, -0.1) is 0 Å². The number of carbonyl (C=O) groups excluding carboxylic acids is 1. The van der Waals surface area contributed by atoms with Crippen LogP contribution in [0.1, 0.15) is 23.4 Å². The van der Waals surface area contributed by atoms with E-state index in [1.54, 1.807) is 42.6 Å². The van der Waals surface area contributed by atoms with Gasteiger partial charge in [-0.25, -0.2) is 13.6 Å². The fraction of sp³-hybridized carbons (Fsp3) is 0.100. The molecule has 26 heavy (non-hydrogen) atoms. The minimum atomic E-state index is -0.627. The largest absolute Gasteiger partial charge is 0.439 e. The summed E-state index contributed by atoms with van der Waals surface area (Å²) in [6, 6.07) is 15.0. The van der Waals surface area contributed by atoms with E-state index in [4.69, 9.17) is 4.74 Å². The summed E-state index contributed by atoms with van der Waals surface area (Å²) in [7, 11) is 0. The molecule has 1 amide bonds. The maximum absolute atomic E-state index is 13.5. The van der Waals surface area contributed by atoms with Crippen molar-refractivity contribution in [3.8, 4) is 11.1 Å². The second-order valence-corrected chi connectivity index (χ2v) is 5.98. The third kappa shape index (κ3) is 3.13. The molecule has 2 aromatic carbocycles. The van der Waals surface area contributed by atoms with E-state index in [0.29, 0.717) is 16.8 Å². The van der Waals surface area contributed by atoms with Crippen LogP contribution in [0.5, 0.6) is 0 Å². The number of ether oxygens (including phenoxy) is 1. The van der Waals surface area contributed by atoms with Crippen molar-refractivity contribution in [3.05, 3.63) is 89.8 Å². The van der Waals surface area contributed by atoms with Gasteiger partial charge in [-0.1, -0.05) is 24.3 Å². The highest BCUT2D eigenvalue weighted by atomic mass is 19.1. The van der Waals surface area contributed by atoms with Gasteiger partial charge in [0.1, 0.15) is 17.7 Å². The van der Waals surface area contributed by atoms with Gasteiger partial charge in [0.05, 0.1) is 5.69 Å². The standard InChI is InChI=1S/C20H14F2N2O2/c21-15-6-4-12(5-7-15)19-18(24-20(25)26-19)17-11-14(8-9-23-17)13-2-1-3-16(22)10-13/h1-11,18-19H,(H,24,25)/t18-,19-/m1/s1. The SMILES string of the molecule is O=C1N[C@H](c2cc(-c3cccc(F)c3)ccn2)[C@@H](c2ccc(F)cc2)O1. The van der Waals surface area contributed by atoms with Gasteiger partial charge in [0.2, 0.25) is 0 Å². The van der Waals surface area contributed by atoms with Crippen LogP contribution in [0.25, 0.3) is 11.1 Å². The number of nitrogens with zero attached hydrogens (tertiary/aromatic N) is 1. The molecule has 130 valence electrons. The molecule has 4 nitrogen and oxygen atoms in total. The molecule has 1 aliphatic heterocycles. The Morgan fingerprint density at radius 3 is 2.46 bits per heavy atom. The molecule has 0 spiro atoms. The lowest BCUT2D eigenvalue weighted by molar-refractivity contribution is 0.132. The molecule has 4 rings (SSSR count). The van der Waals surface area contributed by atoms with Crippen molar-refractivity contribution in [1.29, 1.82) is 0 Å². The van der Waals surface area contributed by atoms with Crippen LogP contribution in [0.3, 0.4) is 0 Å². The molecule has 1 N–H and O–H groups in total. The normalized spacial score (nSPS) is 19.1. The van der Waals surface area contributed by atoms with Gasteiger partial charge in [0.15, 0.2) is 6.10 Å². The fourth-order valence-corrected chi connectivity index (χ4v) is 3.03. The van der Waals surface area contributed by atoms with Crippen molar-refractivity contribution in [2.75, 3.05) is 0 Å². The monoisotopic (exact) mass is 352 g/mol. The van der Waals surface area contributed by atoms with Gasteiger partial charge in [0.25, 0.3) is 0 Å². The number of amides is 1. The predicted octanol–water partition coefficient (Wildman–Crippen LogP) is 4.55. The van der Waals surface area contributed by atoms with Crippen molar-refractivity contribution in [1.82, 2.24) is 10.3 Å².